The summed E-state index contributed by atoms with van der Waals surface area (Å²) in [6, 6.07) is 16.7. The van der Waals surface area contributed by atoms with Gasteiger partial charge in [-0.3, -0.25) is 29.4 Å². The van der Waals surface area contributed by atoms with Crippen LogP contribution in [-0.2, 0) is 16.1 Å². The van der Waals surface area contributed by atoms with Crippen molar-refractivity contribution in [2.45, 2.75) is 43.7 Å². The van der Waals surface area contributed by atoms with Gasteiger partial charge in [0, 0.05) is 38.2 Å². The molecule has 1 N–H and O–H groups in total. The summed E-state index contributed by atoms with van der Waals surface area (Å²) in [6.07, 6.45) is -4.72. The Labute approximate surface area is 250 Å². The van der Waals surface area contributed by atoms with Crippen LogP contribution in [0.25, 0.3) is 0 Å². The summed E-state index contributed by atoms with van der Waals surface area (Å²) in [5.41, 5.74) is 1.07. The number of rotatable bonds is 5. The monoisotopic (exact) mass is 608 g/mol. The van der Waals surface area contributed by atoms with Gasteiger partial charge in [-0.25, -0.2) is 4.39 Å². The van der Waals surface area contributed by atoms with Crippen LogP contribution in [0.4, 0.5) is 17.6 Å². The van der Waals surface area contributed by atoms with Crippen molar-refractivity contribution in [2.75, 3.05) is 19.6 Å². The first-order valence-electron chi connectivity index (χ1n) is 14.2. The van der Waals surface area contributed by atoms with Gasteiger partial charge in [-0.05, 0) is 35.2 Å². The molecule has 0 aromatic heterocycles. The van der Waals surface area contributed by atoms with Crippen LogP contribution in [0.1, 0.15) is 56.3 Å². The van der Waals surface area contributed by atoms with E-state index in [1.165, 1.54) is 6.07 Å². The fourth-order valence-electron chi connectivity index (χ4n) is 6.39. The Kier molecular flexibility index (Phi) is 7.70. The average Bonchev–Trinajstić information content (AvgIpc) is 3.33. The molecule has 3 aliphatic heterocycles. The van der Waals surface area contributed by atoms with Crippen LogP contribution in [0.3, 0.4) is 0 Å². The van der Waals surface area contributed by atoms with E-state index in [-0.39, 0.29) is 49.2 Å². The molecule has 2 atom stereocenters. The van der Waals surface area contributed by atoms with Crippen LogP contribution in [0, 0.1) is 5.82 Å². The number of piperazine rings is 1. The lowest BCUT2D eigenvalue weighted by atomic mass is 9.95. The van der Waals surface area contributed by atoms with Crippen LogP contribution in [0.15, 0.2) is 72.8 Å². The van der Waals surface area contributed by atoms with Crippen molar-refractivity contribution in [1.82, 2.24) is 20.0 Å². The molecule has 228 valence electrons. The maximum Gasteiger partial charge on any atom is 0.410 e. The fraction of sp³-hybridized carbons (Fsp3) is 0.312. The smallest absolute Gasteiger partial charge is 0.324 e. The van der Waals surface area contributed by atoms with Gasteiger partial charge in [0.15, 0.2) is 0 Å². The topological polar surface area (TPSA) is 90.0 Å². The lowest BCUT2D eigenvalue weighted by Crippen LogP contribution is -2.61. The molecule has 3 aromatic rings. The van der Waals surface area contributed by atoms with Gasteiger partial charge in [0.05, 0.1) is 11.6 Å². The molecule has 6 rings (SSSR count). The van der Waals surface area contributed by atoms with E-state index >= 15 is 4.39 Å². The highest BCUT2D eigenvalue weighted by atomic mass is 19.4. The number of alkyl halides is 3. The van der Waals surface area contributed by atoms with E-state index in [2.05, 4.69) is 5.32 Å². The molecule has 3 heterocycles. The number of amides is 4. The molecule has 2 fully saturated rings. The molecule has 3 aromatic carbocycles. The average molecular weight is 609 g/mol. The molecule has 2 saturated heterocycles. The third-order valence-corrected chi connectivity index (χ3v) is 8.47. The van der Waals surface area contributed by atoms with Crippen molar-refractivity contribution in [3.8, 4) is 0 Å². The molecule has 44 heavy (non-hydrogen) atoms. The first-order chi connectivity index (χ1) is 21.0. The van der Waals surface area contributed by atoms with Crippen molar-refractivity contribution in [2.24, 2.45) is 0 Å². The summed E-state index contributed by atoms with van der Waals surface area (Å²) >= 11 is 0. The molecular formula is C32H28F4N4O4. The normalized spacial score (nSPS) is 21.1. The zero-order chi connectivity index (χ0) is 31.2. The summed E-state index contributed by atoms with van der Waals surface area (Å²) in [5, 5.41) is 2.16. The number of carbonyl (C=O) groups is 4. The van der Waals surface area contributed by atoms with Crippen molar-refractivity contribution < 1.29 is 36.7 Å². The van der Waals surface area contributed by atoms with Gasteiger partial charge in [0.1, 0.15) is 17.9 Å². The quantitative estimate of drug-likeness (QED) is 0.349. The molecule has 12 heteroatoms. The maximum atomic E-state index is 15.3. The maximum absolute atomic E-state index is 15.3. The molecule has 4 amide bonds. The van der Waals surface area contributed by atoms with E-state index in [4.69, 9.17) is 0 Å². The second-order valence-corrected chi connectivity index (χ2v) is 11.2. The number of imide groups is 1. The molecule has 0 saturated carbocycles. The highest BCUT2D eigenvalue weighted by Crippen LogP contribution is 2.36. The Balaban J connectivity index is 1.27. The third kappa shape index (κ3) is 5.45. The minimum absolute atomic E-state index is 0.00294. The highest BCUT2D eigenvalue weighted by Gasteiger charge is 2.50. The van der Waals surface area contributed by atoms with Gasteiger partial charge in [0.25, 0.3) is 11.8 Å². The Morgan fingerprint density at radius 1 is 0.909 bits per heavy atom. The van der Waals surface area contributed by atoms with Crippen LogP contribution in [0.5, 0.6) is 0 Å². The first-order valence-corrected chi connectivity index (χ1v) is 14.2. The molecule has 0 radical (unpaired) electrons. The zero-order valence-electron chi connectivity index (χ0n) is 23.4. The molecule has 0 spiro atoms. The Morgan fingerprint density at radius 2 is 1.55 bits per heavy atom. The van der Waals surface area contributed by atoms with E-state index in [1.807, 2.05) is 60.7 Å². The minimum Gasteiger partial charge on any atom is -0.324 e. The predicted octanol–water partition coefficient (Wildman–Crippen LogP) is 4.07. The summed E-state index contributed by atoms with van der Waals surface area (Å²) < 4.78 is 59.0. The molecule has 0 aliphatic carbocycles. The molecule has 2 unspecified atom stereocenters. The van der Waals surface area contributed by atoms with Gasteiger partial charge in [-0.1, -0.05) is 60.7 Å². The second kappa shape index (κ2) is 11.5. The Morgan fingerprint density at radius 3 is 2.14 bits per heavy atom. The number of piperidine rings is 1. The third-order valence-electron chi connectivity index (χ3n) is 8.47. The zero-order valence-corrected chi connectivity index (χ0v) is 23.4. The largest absolute Gasteiger partial charge is 0.410 e. The van der Waals surface area contributed by atoms with Gasteiger partial charge in [-0.15, -0.1) is 0 Å². The number of hydrogen-bond acceptors (Lipinski definition) is 5. The Hall–Kier alpha value is -4.58. The molecular weight excluding hydrogens is 580 g/mol. The number of carbonyl (C=O) groups excluding carboxylic acids is 4. The first kappa shape index (κ1) is 29.5. The van der Waals surface area contributed by atoms with Crippen LogP contribution < -0.4 is 5.32 Å². The van der Waals surface area contributed by atoms with Crippen molar-refractivity contribution in [3.05, 3.63) is 106 Å². The SMILES string of the molecule is O=C1CCC(N2Cc3cc(C(=O)N4CCN(C(c5ccccc5)c5ccccc5)CC4C(F)(F)F)cc(F)c3C2=O)C(=O)N1. The van der Waals surface area contributed by atoms with Gasteiger partial charge in [0.2, 0.25) is 11.8 Å². The van der Waals surface area contributed by atoms with Crippen molar-refractivity contribution >= 4 is 23.6 Å². The van der Waals surface area contributed by atoms with E-state index in [9.17, 15) is 32.3 Å². The number of halogens is 4. The predicted molar refractivity (Wildman–Crippen MR) is 150 cm³/mol. The summed E-state index contributed by atoms with van der Waals surface area (Å²) in [6.45, 7) is -0.856. The Bertz CT molecular complexity index is 1580. The van der Waals surface area contributed by atoms with Gasteiger partial charge >= 0.3 is 6.18 Å². The number of benzene rings is 3. The summed E-state index contributed by atoms with van der Waals surface area (Å²) in [4.78, 5) is 54.1. The number of hydrogen-bond donors (Lipinski definition) is 1. The van der Waals surface area contributed by atoms with Crippen molar-refractivity contribution in [1.29, 1.82) is 0 Å². The van der Waals surface area contributed by atoms with Crippen LogP contribution in [-0.4, -0.2) is 76.2 Å². The molecule has 8 nitrogen and oxygen atoms in total. The standard InChI is InChI=1S/C32H28F4N4O4/c33-23-16-21(15-22-17-40(31(44)27(22)23)24-11-12-26(41)37-29(24)42)30(43)39-14-13-38(18-25(39)32(34,35)36)28(19-7-3-1-4-8-19)20-9-5-2-6-10-20/h1-10,15-16,24-25,28H,11-14,17-18H2,(H,37,41,42). The number of nitrogens with one attached hydrogen (secondary N) is 1. The van der Waals surface area contributed by atoms with Crippen molar-refractivity contribution in [3.63, 3.8) is 0 Å². The van der Waals surface area contributed by atoms with Gasteiger partial charge in [-0.2, -0.15) is 13.2 Å². The molecule has 3 aliphatic rings. The molecule has 0 bridgehead atoms. The lowest BCUT2D eigenvalue weighted by Gasteiger charge is -2.45. The minimum atomic E-state index is -4.78. The second-order valence-electron chi connectivity index (χ2n) is 11.2. The van der Waals surface area contributed by atoms with E-state index < -0.39 is 60.3 Å². The van der Waals surface area contributed by atoms with Crippen LogP contribution >= 0.6 is 0 Å². The van der Waals surface area contributed by atoms with E-state index in [1.54, 1.807) is 4.90 Å². The number of fused-ring (bicyclic) bond motifs is 1. The fourth-order valence-corrected chi connectivity index (χ4v) is 6.39. The van der Waals surface area contributed by atoms with E-state index in [0.29, 0.717) is 0 Å². The van der Waals surface area contributed by atoms with Crippen LogP contribution in [0.2, 0.25) is 0 Å². The lowest BCUT2D eigenvalue weighted by molar-refractivity contribution is -0.190. The van der Waals surface area contributed by atoms with Gasteiger partial charge < -0.3 is 9.80 Å². The number of nitrogens with zero attached hydrogens (tertiary/aromatic N) is 3. The van der Waals surface area contributed by atoms with E-state index in [0.717, 1.165) is 27.0 Å². The highest BCUT2D eigenvalue weighted by molar-refractivity contribution is 6.06. The summed E-state index contributed by atoms with van der Waals surface area (Å²) in [7, 11) is 0. The summed E-state index contributed by atoms with van der Waals surface area (Å²) in [5.74, 6) is -4.00.